The number of ether oxygens (including phenoxy) is 2. The van der Waals surface area contributed by atoms with E-state index in [0.717, 1.165) is 24.3 Å². The lowest BCUT2D eigenvalue weighted by atomic mass is 10.2. The maximum Gasteiger partial charge on any atom is 0.573 e. The molecule has 9 heteroatoms. The quantitative estimate of drug-likeness (QED) is 0.803. The van der Waals surface area contributed by atoms with Gasteiger partial charge in [0, 0.05) is 5.69 Å². The molecule has 0 saturated carbocycles. The zero-order chi connectivity index (χ0) is 20.0. The normalized spacial score (nSPS) is 11.8. The fourth-order valence-electron chi connectivity index (χ4n) is 1.95. The van der Waals surface area contributed by atoms with Crippen LogP contribution in [0.3, 0.4) is 0 Å². The first-order valence-electron chi connectivity index (χ1n) is 7.56. The van der Waals surface area contributed by atoms with E-state index in [1.807, 2.05) is 6.07 Å². The van der Waals surface area contributed by atoms with Gasteiger partial charge in [-0.05, 0) is 55.5 Å². The third-order valence-corrected chi connectivity index (χ3v) is 3.26. The van der Waals surface area contributed by atoms with Gasteiger partial charge in [-0.1, -0.05) is 0 Å². The summed E-state index contributed by atoms with van der Waals surface area (Å²) in [6.45, 7) is 1.35. The highest BCUT2D eigenvalue weighted by Gasteiger charge is 2.31. The van der Waals surface area contributed by atoms with E-state index in [0.29, 0.717) is 11.3 Å². The van der Waals surface area contributed by atoms with Gasteiger partial charge in [-0.3, -0.25) is 4.79 Å². The highest BCUT2D eigenvalue weighted by molar-refractivity contribution is 5.97. The molecule has 1 atom stereocenters. The Labute approximate surface area is 152 Å². The summed E-state index contributed by atoms with van der Waals surface area (Å²) in [6, 6.07) is 12.1. The van der Waals surface area contributed by atoms with Crippen molar-refractivity contribution >= 4 is 17.6 Å². The van der Waals surface area contributed by atoms with Crippen LogP contribution in [-0.2, 0) is 9.53 Å². The molecule has 2 aromatic rings. The topological polar surface area (TPSA) is 88.4 Å². The van der Waals surface area contributed by atoms with E-state index in [1.165, 1.54) is 31.2 Å². The highest BCUT2D eigenvalue weighted by Crippen LogP contribution is 2.23. The van der Waals surface area contributed by atoms with Crippen molar-refractivity contribution in [3.63, 3.8) is 0 Å². The van der Waals surface area contributed by atoms with Gasteiger partial charge in [-0.2, -0.15) is 5.26 Å². The summed E-state index contributed by atoms with van der Waals surface area (Å²) in [5.74, 6) is -1.97. The summed E-state index contributed by atoms with van der Waals surface area (Å²) in [4.78, 5) is 24.0. The molecule has 27 heavy (non-hydrogen) atoms. The van der Waals surface area contributed by atoms with Gasteiger partial charge in [0.15, 0.2) is 6.10 Å². The van der Waals surface area contributed by atoms with Crippen molar-refractivity contribution in [2.45, 2.75) is 19.4 Å². The van der Waals surface area contributed by atoms with Crippen molar-refractivity contribution in [1.82, 2.24) is 0 Å². The van der Waals surface area contributed by atoms with E-state index in [-0.39, 0.29) is 5.56 Å². The van der Waals surface area contributed by atoms with E-state index in [4.69, 9.17) is 10.00 Å². The van der Waals surface area contributed by atoms with Gasteiger partial charge in [-0.15, -0.1) is 13.2 Å². The molecule has 1 N–H and O–H groups in total. The molecule has 0 bridgehead atoms. The number of alkyl halides is 3. The minimum absolute atomic E-state index is 0.0393. The number of esters is 1. The second-order valence-corrected chi connectivity index (χ2v) is 5.30. The van der Waals surface area contributed by atoms with Crippen LogP contribution in [0.25, 0.3) is 0 Å². The number of anilines is 1. The van der Waals surface area contributed by atoms with Gasteiger partial charge < -0.3 is 14.8 Å². The Morgan fingerprint density at radius 2 is 1.67 bits per heavy atom. The van der Waals surface area contributed by atoms with Gasteiger partial charge in [0.05, 0.1) is 17.2 Å². The third kappa shape index (κ3) is 6.04. The van der Waals surface area contributed by atoms with Crippen LogP contribution in [0.4, 0.5) is 18.9 Å². The smallest absolute Gasteiger partial charge is 0.449 e. The van der Waals surface area contributed by atoms with Crippen LogP contribution in [-0.4, -0.2) is 24.3 Å². The standard InChI is InChI=1S/C18H13F3N2O4/c1-11(16(24)23-14-6-2-12(10-22)3-7-14)26-17(25)13-4-8-15(9-5-13)27-18(19,20)21/h2-9,11H,1H3,(H,23,24)/t11-/m1/s1. The molecule has 0 aliphatic carbocycles. The first-order chi connectivity index (χ1) is 12.7. The lowest BCUT2D eigenvalue weighted by Crippen LogP contribution is -2.30. The van der Waals surface area contributed by atoms with Crippen LogP contribution in [0.5, 0.6) is 5.75 Å². The van der Waals surface area contributed by atoms with Crippen molar-refractivity contribution in [2.75, 3.05) is 5.32 Å². The number of nitrogens with zero attached hydrogens (tertiary/aromatic N) is 1. The van der Waals surface area contributed by atoms with Crippen LogP contribution in [0.1, 0.15) is 22.8 Å². The maximum absolute atomic E-state index is 12.1. The number of nitrogens with one attached hydrogen (secondary N) is 1. The molecule has 6 nitrogen and oxygen atoms in total. The summed E-state index contributed by atoms with van der Waals surface area (Å²) in [5, 5.41) is 11.2. The molecule has 0 aromatic heterocycles. The van der Waals surface area contributed by atoms with E-state index in [9.17, 15) is 22.8 Å². The summed E-state index contributed by atoms with van der Waals surface area (Å²) in [7, 11) is 0. The molecule has 0 fully saturated rings. The minimum Gasteiger partial charge on any atom is -0.449 e. The van der Waals surface area contributed by atoms with Crippen molar-refractivity contribution in [3.05, 3.63) is 59.7 Å². The summed E-state index contributed by atoms with van der Waals surface area (Å²) < 4.78 is 45.0. The Balaban J connectivity index is 1.93. The van der Waals surface area contributed by atoms with Crippen LogP contribution in [0.15, 0.2) is 48.5 Å². The molecule has 140 valence electrons. The molecular weight excluding hydrogens is 365 g/mol. The molecule has 0 saturated heterocycles. The van der Waals surface area contributed by atoms with Gasteiger partial charge >= 0.3 is 12.3 Å². The van der Waals surface area contributed by atoms with Gasteiger partial charge in [0.1, 0.15) is 5.75 Å². The van der Waals surface area contributed by atoms with E-state index < -0.39 is 30.1 Å². The fourth-order valence-corrected chi connectivity index (χ4v) is 1.95. The Bertz CT molecular complexity index is 856. The summed E-state index contributed by atoms with van der Waals surface area (Å²) in [5.41, 5.74) is 0.795. The van der Waals surface area contributed by atoms with Crippen LogP contribution < -0.4 is 10.1 Å². The number of halogens is 3. The molecule has 0 unspecified atom stereocenters. The number of hydrogen-bond donors (Lipinski definition) is 1. The first-order valence-corrected chi connectivity index (χ1v) is 7.56. The van der Waals surface area contributed by atoms with E-state index >= 15 is 0 Å². The average Bonchev–Trinajstić information content (AvgIpc) is 2.61. The largest absolute Gasteiger partial charge is 0.573 e. The molecule has 0 aliphatic rings. The number of amides is 1. The lowest BCUT2D eigenvalue weighted by Gasteiger charge is -2.14. The second kappa shape index (κ2) is 8.23. The molecular formula is C18H13F3N2O4. The number of nitriles is 1. The molecule has 0 radical (unpaired) electrons. The Morgan fingerprint density at radius 1 is 1.07 bits per heavy atom. The van der Waals surface area contributed by atoms with Crippen LogP contribution in [0.2, 0.25) is 0 Å². The molecule has 0 spiro atoms. The number of rotatable bonds is 5. The SMILES string of the molecule is C[C@@H](OC(=O)c1ccc(OC(F)(F)F)cc1)C(=O)Nc1ccc(C#N)cc1. The number of benzene rings is 2. The van der Waals surface area contributed by atoms with Crippen LogP contribution in [0, 0.1) is 11.3 Å². The van der Waals surface area contributed by atoms with Crippen molar-refractivity contribution in [1.29, 1.82) is 5.26 Å². The minimum atomic E-state index is -4.83. The molecule has 2 rings (SSSR count). The zero-order valence-electron chi connectivity index (χ0n) is 13.9. The predicted molar refractivity (Wildman–Crippen MR) is 87.8 cm³/mol. The van der Waals surface area contributed by atoms with E-state index in [1.54, 1.807) is 0 Å². The third-order valence-electron chi connectivity index (χ3n) is 3.26. The molecule has 0 aliphatic heterocycles. The van der Waals surface area contributed by atoms with Gasteiger partial charge in [-0.25, -0.2) is 4.79 Å². The Hall–Kier alpha value is -3.54. The van der Waals surface area contributed by atoms with Crippen LogP contribution >= 0.6 is 0 Å². The average molecular weight is 378 g/mol. The number of carbonyl (C=O) groups is 2. The Kier molecular flexibility index (Phi) is 6.03. The van der Waals surface area contributed by atoms with Crippen molar-refractivity contribution < 1.29 is 32.2 Å². The molecule has 2 aromatic carbocycles. The number of hydrogen-bond acceptors (Lipinski definition) is 5. The zero-order valence-corrected chi connectivity index (χ0v) is 13.9. The Morgan fingerprint density at radius 3 is 2.19 bits per heavy atom. The van der Waals surface area contributed by atoms with Gasteiger partial charge in [0.2, 0.25) is 0 Å². The highest BCUT2D eigenvalue weighted by atomic mass is 19.4. The predicted octanol–water partition coefficient (Wildman–Crippen LogP) is 3.64. The summed E-state index contributed by atoms with van der Waals surface area (Å²) in [6.07, 6.45) is -5.99. The van der Waals surface area contributed by atoms with Crippen molar-refractivity contribution in [2.24, 2.45) is 0 Å². The lowest BCUT2D eigenvalue weighted by molar-refractivity contribution is -0.274. The van der Waals surface area contributed by atoms with Crippen molar-refractivity contribution in [3.8, 4) is 11.8 Å². The first kappa shape index (κ1) is 19.8. The van der Waals surface area contributed by atoms with Gasteiger partial charge in [0.25, 0.3) is 5.91 Å². The monoisotopic (exact) mass is 378 g/mol. The molecule has 1 amide bonds. The molecule has 0 heterocycles. The summed E-state index contributed by atoms with van der Waals surface area (Å²) >= 11 is 0. The second-order valence-electron chi connectivity index (χ2n) is 5.30. The number of carbonyl (C=O) groups excluding carboxylic acids is 2. The van der Waals surface area contributed by atoms with E-state index in [2.05, 4.69) is 10.1 Å². The fraction of sp³-hybridized carbons (Fsp3) is 0.167. The maximum atomic E-state index is 12.1.